The average molecular weight is 451 g/mol. The molecule has 2 aromatic rings. The lowest BCUT2D eigenvalue weighted by atomic mass is 9.97. The highest BCUT2D eigenvalue weighted by molar-refractivity contribution is 14.1. The maximum atomic E-state index is 12.0. The van der Waals surface area contributed by atoms with Gasteiger partial charge in [-0.1, -0.05) is 28.9 Å². The van der Waals surface area contributed by atoms with Gasteiger partial charge in [0.1, 0.15) is 0 Å². The van der Waals surface area contributed by atoms with Crippen molar-refractivity contribution in [3.8, 4) is 11.4 Å². The maximum Gasteiger partial charge on any atom is 0.227 e. The maximum absolute atomic E-state index is 12.0. The molecule has 0 fully saturated rings. The molecular weight excluding hydrogens is 429 g/mol. The van der Waals surface area contributed by atoms with Crippen molar-refractivity contribution >= 4 is 28.5 Å². The predicted octanol–water partition coefficient (Wildman–Crippen LogP) is 4.28. The Bertz CT molecular complexity index is 737. The van der Waals surface area contributed by atoms with Gasteiger partial charge < -0.3 is 9.84 Å². The minimum absolute atomic E-state index is 0.0328. The monoisotopic (exact) mass is 451 g/mol. The van der Waals surface area contributed by atoms with Crippen LogP contribution in [0.1, 0.15) is 44.4 Å². The molecule has 0 unspecified atom stereocenters. The molecule has 0 saturated carbocycles. The molecule has 1 heterocycles. The first kappa shape index (κ1) is 18.1. The first-order chi connectivity index (χ1) is 12.2. The van der Waals surface area contributed by atoms with E-state index in [2.05, 4.69) is 44.1 Å². The van der Waals surface area contributed by atoms with Gasteiger partial charge in [0.05, 0.1) is 0 Å². The zero-order valence-corrected chi connectivity index (χ0v) is 16.3. The fraction of sp³-hybridized carbons (Fsp3) is 0.421. The molecule has 1 aliphatic rings. The molecule has 3 rings (SSSR count). The number of benzene rings is 1. The van der Waals surface area contributed by atoms with Crippen molar-refractivity contribution in [2.45, 2.75) is 44.9 Å². The van der Waals surface area contributed by atoms with Gasteiger partial charge in [0.25, 0.3) is 0 Å². The molecule has 1 amide bonds. The quantitative estimate of drug-likeness (QED) is 0.504. The van der Waals surface area contributed by atoms with Crippen LogP contribution in [-0.2, 0) is 11.2 Å². The van der Waals surface area contributed by atoms with Crippen molar-refractivity contribution in [1.29, 1.82) is 0 Å². The van der Waals surface area contributed by atoms with E-state index in [-0.39, 0.29) is 5.91 Å². The number of carbonyl (C=O) groups is 1. The standard InChI is InChI=1S/C19H22IN3O2/c20-16-8-6-15(7-9-16)19-22-18(25-23-19)11-10-17(24)21-13-12-14-4-2-1-3-5-14/h4,6-9H,1-3,5,10-13H2,(H,21,24). The Morgan fingerprint density at radius 3 is 2.80 bits per heavy atom. The van der Waals surface area contributed by atoms with Crippen LogP contribution in [0, 0.1) is 3.57 Å². The normalized spacial score (nSPS) is 14.2. The summed E-state index contributed by atoms with van der Waals surface area (Å²) in [6.45, 7) is 0.711. The Balaban J connectivity index is 1.41. The van der Waals surface area contributed by atoms with Crippen molar-refractivity contribution in [3.05, 3.63) is 45.4 Å². The largest absolute Gasteiger partial charge is 0.356 e. The summed E-state index contributed by atoms with van der Waals surface area (Å²) in [7, 11) is 0. The molecule has 0 saturated heterocycles. The highest BCUT2D eigenvalue weighted by atomic mass is 127. The SMILES string of the molecule is O=C(CCc1nc(-c2ccc(I)cc2)no1)NCCC1=CCCCC1. The number of carbonyl (C=O) groups excluding carboxylic acids is 1. The Kier molecular flexibility index (Phi) is 6.61. The Morgan fingerprint density at radius 1 is 1.20 bits per heavy atom. The van der Waals surface area contributed by atoms with E-state index in [4.69, 9.17) is 4.52 Å². The molecule has 1 N–H and O–H groups in total. The van der Waals surface area contributed by atoms with Crippen molar-refractivity contribution < 1.29 is 9.32 Å². The van der Waals surface area contributed by atoms with Crippen LogP contribution in [0.25, 0.3) is 11.4 Å². The third-order valence-corrected chi connectivity index (χ3v) is 5.01. The number of nitrogens with one attached hydrogen (secondary N) is 1. The minimum Gasteiger partial charge on any atom is -0.356 e. The molecule has 0 radical (unpaired) electrons. The molecule has 1 aromatic heterocycles. The van der Waals surface area contributed by atoms with Crippen LogP contribution >= 0.6 is 22.6 Å². The van der Waals surface area contributed by atoms with Crippen molar-refractivity contribution in [3.63, 3.8) is 0 Å². The van der Waals surface area contributed by atoms with E-state index in [0.29, 0.717) is 31.1 Å². The van der Waals surface area contributed by atoms with E-state index in [0.717, 1.165) is 15.6 Å². The van der Waals surface area contributed by atoms with Gasteiger partial charge in [-0.25, -0.2) is 0 Å². The van der Waals surface area contributed by atoms with Gasteiger partial charge in [0, 0.05) is 28.5 Å². The van der Waals surface area contributed by atoms with Gasteiger partial charge in [-0.05, 0) is 66.8 Å². The van der Waals surface area contributed by atoms with E-state index < -0.39 is 0 Å². The van der Waals surface area contributed by atoms with Gasteiger partial charge in [-0.15, -0.1) is 0 Å². The molecule has 25 heavy (non-hydrogen) atoms. The number of hydrogen-bond donors (Lipinski definition) is 1. The summed E-state index contributed by atoms with van der Waals surface area (Å²) in [5, 5.41) is 6.96. The zero-order chi connectivity index (χ0) is 17.5. The van der Waals surface area contributed by atoms with Crippen molar-refractivity contribution in [1.82, 2.24) is 15.5 Å². The van der Waals surface area contributed by atoms with Gasteiger partial charge in [-0.3, -0.25) is 4.79 Å². The molecule has 0 bridgehead atoms. The third-order valence-electron chi connectivity index (χ3n) is 4.29. The second-order valence-corrected chi connectivity index (χ2v) is 7.47. The number of allylic oxidation sites excluding steroid dienone is 1. The first-order valence-corrected chi connectivity index (χ1v) is 9.82. The lowest BCUT2D eigenvalue weighted by molar-refractivity contribution is -0.121. The summed E-state index contributed by atoms with van der Waals surface area (Å²) < 4.78 is 6.41. The second kappa shape index (κ2) is 9.12. The zero-order valence-electron chi connectivity index (χ0n) is 14.1. The average Bonchev–Trinajstić information content (AvgIpc) is 3.10. The van der Waals surface area contributed by atoms with Crippen LogP contribution in [0.15, 0.2) is 40.4 Å². The Labute approximate surface area is 161 Å². The summed E-state index contributed by atoms with van der Waals surface area (Å²) in [6, 6.07) is 7.92. The van der Waals surface area contributed by atoms with Crippen LogP contribution in [0.4, 0.5) is 0 Å². The molecule has 0 aliphatic heterocycles. The number of rotatable bonds is 7. The molecule has 5 nitrogen and oxygen atoms in total. The van der Waals surface area contributed by atoms with Gasteiger partial charge >= 0.3 is 0 Å². The van der Waals surface area contributed by atoms with E-state index in [1.54, 1.807) is 0 Å². The Hall–Kier alpha value is -1.70. The summed E-state index contributed by atoms with van der Waals surface area (Å²) in [4.78, 5) is 16.3. The summed E-state index contributed by atoms with van der Waals surface area (Å²) in [6.07, 6.45) is 9.05. The third kappa shape index (κ3) is 5.66. The van der Waals surface area contributed by atoms with Gasteiger partial charge in [0.2, 0.25) is 17.6 Å². The van der Waals surface area contributed by atoms with E-state index in [9.17, 15) is 4.79 Å². The van der Waals surface area contributed by atoms with E-state index in [1.165, 1.54) is 31.3 Å². The number of hydrogen-bond acceptors (Lipinski definition) is 4. The van der Waals surface area contributed by atoms with Gasteiger partial charge in [0.15, 0.2) is 0 Å². The first-order valence-electron chi connectivity index (χ1n) is 8.74. The number of aryl methyl sites for hydroxylation is 1. The fourth-order valence-corrected chi connectivity index (χ4v) is 3.24. The molecule has 132 valence electrons. The molecular formula is C19H22IN3O2. The molecule has 0 spiro atoms. The van der Waals surface area contributed by atoms with E-state index >= 15 is 0 Å². The number of aromatic nitrogens is 2. The topological polar surface area (TPSA) is 68.0 Å². The lowest BCUT2D eigenvalue weighted by Crippen LogP contribution is -2.25. The van der Waals surface area contributed by atoms with Crippen molar-refractivity contribution in [2.24, 2.45) is 0 Å². The van der Waals surface area contributed by atoms with Crippen LogP contribution in [0.2, 0.25) is 0 Å². The van der Waals surface area contributed by atoms with Crippen LogP contribution in [-0.4, -0.2) is 22.6 Å². The smallest absolute Gasteiger partial charge is 0.227 e. The fourth-order valence-electron chi connectivity index (χ4n) is 2.88. The van der Waals surface area contributed by atoms with Gasteiger partial charge in [-0.2, -0.15) is 4.98 Å². The highest BCUT2D eigenvalue weighted by Gasteiger charge is 2.11. The van der Waals surface area contributed by atoms with Crippen LogP contribution in [0.3, 0.4) is 0 Å². The second-order valence-electron chi connectivity index (χ2n) is 6.23. The van der Waals surface area contributed by atoms with Crippen LogP contribution in [0.5, 0.6) is 0 Å². The highest BCUT2D eigenvalue weighted by Crippen LogP contribution is 2.19. The number of nitrogens with zero attached hydrogens (tertiary/aromatic N) is 2. The lowest BCUT2D eigenvalue weighted by Gasteiger charge is -2.12. The Morgan fingerprint density at radius 2 is 2.04 bits per heavy atom. The predicted molar refractivity (Wildman–Crippen MR) is 105 cm³/mol. The molecule has 1 aliphatic carbocycles. The summed E-state index contributed by atoms with van der Waals surface area (Å²) in [5.41, 5.74) is 2.39. The minimum atomic E-state index is 0.0328. The molecule has 6 heteroatoms. The number of amides is 1. The molecule has 1 aromatic carbocycles. The van der Waals surface area contributed by atoms with E-state index in [1.807, 2.05) is 24.3 Å². The van der Waals surface area contributed by atoms with Crippen LogP contribution < -0.4 is 5.32 Å². The number of halogens is 1. The summed E-state index contributed by atoms with van der Waals surface area (Å²) >= 11 is 2.25. The van der Waals surface area contributed by atoms with Crippen molar-refractivity contribution in [2.75, 3.05) is 6.54 Å². The summed E-state index contributed by atoms with van der Waals surface area (Å²) in [5.74, 6) is 1.10. The molecule has 0 atom stereocenters.